The van der Waals surface area contributed by atoms with Gasteiger partial charge in [0, 0.05) is 37.3 Å². The lowest BCUT2D eigenvalue weighted by molar-refractivity contribution is -0.141. The summed E-state index contributed by atoms with van der Waals surface area (Å²) in [7, 11) is 0. The van der Waals surface area contributed by atoms with Crippen LogP contribution in [-0.2, 0) is 11.0 Å². The van der Waals surface area contributed by atoms with Crippen molar-refractivity contribution < 1.29 is 22.8 Å². The summed E-state index contributed by atoms with van der Waals surface area (Å²) in [6.45, 7) is 7.29. The summed E-state index contributed by atoms with van der Waals surface area (Å²) in [6, 6.07) is 11.6. The smallest absolute Gasteiger partial charge is 0.355 e. The van der Waals surface area contributed by atoms with E-state index in [0.717, 1.165) is 12.1 Å². The molecule has 1 fully saturated rings. The molecule has 1 aliphatic rings. The van der Waals surface area contributed by atoms with Gasteiger partial charge in [0.1, 0.15) is 0 Å². The molecule has 1 heterocycles. The SMILES string of the molecule is CC(C)(C)C(=O)N1CCN(C(=O)c2ccccc2Nc2cccc(C(F)(F)F)c2)CC1. The molecule has 166 valence electrons. The van der Waals surface area contributed by atoms with Crippen molar-refractivity contribution in [3.63, 3.8) is 0 Å². The molecule has 0 unspecified atom stereocenters. The fourth-order valence-electron chi connectivity index (χ4n) is 3.46. The molecular weight excluding hydrogens is 407 g/mol. The Balaban J connectivity index is 1.74. The Bertz CT molecular complexity index is 959. The van der Waals surface area contributed by atoms with Crippen LogP contribution in [-0.4, -0.2) is 47.8 Å². The molecule has 1 N–H and O–H groups in total. The van der Waals surface area contributed by atoms with Crippen LogP contribution in [0.3, 0.4) is 0 Å². The number of benzene rings is 2. The zero-order valence-corrected chi connectivity index (χ0v) is 17.8. The van der Waals surface area contributed by atoms with E-state index in [9.17, 15) is 22.8 Å². The molecule has 2 aromatic rings. The molecule has 1 saturated heterocycles. The molecule has 1 aliphatic heterocycles. The lowest BCUT2D eigenvalue weighted by Crippen LogP contribution is -2.53. The highest BCUT2D eigenvalue weighted by molar-refractivity contribution is 6.00. The maximum atomic E-state index is 13.1. The van der Waals surface area contributed by atoms with Crippen LogP contribution in [0.2, 0.25) is 0 Å². The second kappa shape index (κ2) is 8.61. The number of rotatable bonds is 3. The second-order valence-corrected chi connectivity index (χ2v) is 8.58. The Morgan fingerprint density at radius 3 is 2.10 bits per heavy atom. The third kappa shape index (κ3) is 5.37. The predicted molar refractivity (Wildman–Crippen MR) is 113 cm³/mol. The number of alkyl halides is 3. The first-order chi connectivity index (χ1) is 14.5. The highest BCUT2D eigenvalue weighted by Gasteiger charge is 2.32. The van der Waals surface area contributed by atoms with Gasteiger partial charge in [-0.15, -0.1) is 0 Å². The highest BCUT2D eigenvalue weighted by Crippen LogP contribution is 2.32. The zero-order chi connectivity index (χ0) is 22.8. The van der Waals surface area contributed by atoms with E-state index >= 15 is 0 Å². The van der Waals surface area contributed by atoms with Gasteiger partial charge in [0.2, 0.25) is 5.91 Å². The Morgan fingerprint density at radius 1 is 0.871 bits per heavy atom. The number of hydrogen-bond acceptors (Lipinski definition) is 3. The summed E-state index contributed by atoms with van der Waals surface area (Å²) in [6.07, 6.45) is -4.45. The van der Waals surface area contributed by atoms with E-state index in [1.165, 1.54) is 12.1 Å². The van der Waals surface area contributed by atoms with Crippen molar-refractivity contribution >= 4 is 23.2 Å². The predicted octanol–water partition coefficient (Wildman–Crippen LogP) is 4.78. The van der Waals surface area contributed by atoms with Crippen molar-refractivity contribution in [2.75, 3.05) is 31.5 Å². The van der Waals surface area contributed by atoms with Crippen LogP contribution in [0, 0.1) is 5.41 Å². The number of halogens is 3. The molecule has 2 aromatic carbocycles. The van der Waals surface area contributed by atoms with Gasteiger partial charge in [-0.3, -0.25) is 9.59 Å². The maximum Gasteiger partial charge on any atom is 0.416 e. The van der Waals surface area contributed by atoms with Crippen molar-refractivity contribution in [2.24, 2.45) is 5.41 Å². The topological polar surface area (TPSA) is 52.7 Å². The molecular formula is C23H26F3N3O2. The number of nitrogens with one attached hydrogen (secondary N) is 1. The minimum Gasteiger partial charge on any atom is -0.355 e. The zero-order valence-electron chi connectivity index (χ0n) is 17.8. The average Bonchev–Trinajstić information content (AvgIpc) is 2.72. The fraction of sp³-hybridized carbons (Fsp3) is 0.391. The van der Waals surface area contributed by atoms with Crippen LogP contribution in [0.1, 0.15) is 36.7 Å². The first-order valence-corrected chi connectivity index (χ1v) is 10.1. The van der Waals surface area contributed by atoms with Crippen molar-refractivity contribution in [3.8, 4) is 0 Å². The number of carbonyl (C=O) groups is 2. The van der Waals surface area contributed by atoms with Crippen molar-refractivity contribution in [1.82, 2.24) is 9.80 Å². The molecule has 0 aromatic heterocycles. The van der Waals surface area contributed by atoms with Crippen molar-refractivity contribution in [3.05, 3.63) is 59.7 Å². The normalized spacial score (nSPS) is 15.0. The number of anilines is 2. The fourth-order valence-corrected chi connectivity index (χ4v) is 3.46. The van der Waals surface area contributed by atoms with Crippen molar-refractivity contribution in [1.29, 1.82) is 0 Å². The number of piperazine rings is 1. The number of hydrogen-bond donors (Lipinski definition) is 1. The van der Waals surface area contributed by atoms with Crippen LogP contribution >= 0.6 is 0 Å². The summed E-state index contributed by atoms with van der Waals surface area (Å²) < 4.78 is 39.0. The molecule has 0 bridgehead atoms. The summed E-state index contributed by atoms with van der Waals surface area (Å²) in [5, 5.41) is 2.94. The summed E-state index contributed by atoms with van der Waals surface area (Å²) in [5.41, 5.74) is -0.194. The third-order valence-corrected chi connectivity index (χ3v) is 5.12. The first-order valence-electron chi connectivity index (χ1n) is 10.1. The Morgan fingerprint density at radius 2 is 1.48 bits per heavy atom. The first kappa shape index (κ1) is 22.7. The molecule has 0 radical (unpaired) electrons. The average molecular weight is 433 g/mol. The van der Waals surface area contributed by atoms with Gasteiger partial charge in [-0.2, -0.15) is 13.2 Å². The molecule has 31 heavy (non-hydrogen) atoms. The monoisotopic (exact) mass is 433 g/mol. The number of nitrogens with zero attached hydrogens (tertiary/aromatic N) is 2. The molecule has 8 heteroatoms. The van der Waals surface area contributed by atoms with E-state index in [1.54, 1.807) is 34.1 Å². The molecule has 0 atom stereocenters. The number of carbonyl (C=O) groups excluding carboxylic acids is 2. The summed E-state index contributed by atoms with van der Waals surface area (Å²) in [4.78, 5) is 29.0. The molecule has 3 rings (SSSR count). The van der Waals surface area contributed by atoms with Gasteiger partial charge in [-0.05, 0) is 30.3 Å². The lowest BCUT2D eigenvalue weighted by Gasteiger charge is -2.37. The van der Waals surface area contributed by atoms with Crippen LogP contribution in [0.5, 0.6) is 0 Å². The van der Waals surface area contributed by atoms with Crippen LogP contribution in [0.4, 0.5) is 24.5 Å². The van der Waals surface area contributed by atoms with Gasteiger partial charge in [0.15, 0.2) is 0 Å². The van der Waals surface area contributed by atoms with Gasteiger partial charge >= 0.3 is 6.18 Å². The lowest BCUT2D eigenvalue weighted by atomic mass is 9.94. The van der Waals surface area contributed by atoms with E-state index in [1.807, 2.05) is 20.8 Å². The second-order valence-electron chi connectivity index (χ2n) is 8.58. The molecule has 0 spiro atoms. The third-order valence-electron chi connectivity index (χ3n) is 5.12. The van der Waals surface area contributed by atoms with E-state index in [2.05, 4.69) is 5.32 Å². The van der Waals surface area contributed by atoms with Crippen LogP contribution < -0.4 is 5.32 Å². The van der Waals surface area contributed by atoms with E-state index in [4.69, 9.17) is 0 Å². The van der Waals surface area contributed by atoms with Gasteiger partial charge in [0.05, 0.1) is 16.8 Å². The Labute approximate surface area is 179 Å². The van der Waals surface area contributed by atoms with Gasteiger partial charge < -0.3 is 15.1 Å². The van der Waals surface area contributed by atoms with Crippen molar-refractivity contribution in [2.45, 2.75) is 26.9 Å². The Kier molecular flexibility index (Phi) is 6.29. The standard InChI is InChI=1S/C23H26F3N3O2/c1-22(2,3)21(31)29-13-11-28(12-14-29)20(30)18-9-4-5-10-19(18)27-17-8-6-7-16(15-17)23(24,25)26/h4-10,15,27H,11-14H2,1-3H3. The highest BCUT2D eigenvalue weighted by atomic mass is 19.4. The van der Waals surface area contributed by atoms with E-state index in [-0.39, 0.29) is 17.5 Å². The Hall–Kier alpha value is -3.03. The van der Waals surface area contributed by atoms with E-state index < -0.39 is 17.2 Å². The molecule has 0 aliphatic carbocycles. The van der Waals surface area contributed by atoms with Crippen LogP contribution in [0.25, 0.3) is 0 Å². The minimum absolute atomic E-state index is 0.0474. The van der Waals surface area contributed by atoms with Gasteiger partial charge in [-0.25, -0.2) is 0 Å². The van der Waals surface area contributed by atoms with Crippen LogP contribution in [0.15, 0.2) is 48.5 Å². The van der Waals surface area contributed by atoms with E-state index in [0.29, 0.717) is 37.4 Å². The number of para-hydroxylation sites is 1. The molecule has 2 amide bonds. The summed E-state index contributed by atoms with van der Waals surface area (Å²) in [5.74, 6) is -0.177. The van der Waals surface area contributed by atoms with Gasteiger partial charge in [-0.1, -0.05) is 39.0 Å². The molecule has 5 nitrogen and oxygen atoms in total. The molecule has 0 saturated carbocycles. The largest absolute Gasteiger partial charge is 0.416 e. The van der Waals surface area contributed by atoms with Gasteiger partial charge in [0.25, 0.3) is 5.91 Å². The summed E-state index contributed by atoms with van der Waals surface area (Å²) >= 11 is 0. The minimum atomic E-state index is -4.45. The number of amides is 2. The maximum absolute atomic E-state index is 13.1. The quantitative estimate of drug-likeness (QED) is 0.758.